The second-order valence-electron chi connectivity index (χ2n) is 7.32. The maximum atomic E-state index is 12.3. The summed E-state index contributed by atoms with van der Waals surface area (Å²) in [7, 11) is -3.77. The summed E-state index contributed by atoms with van der Waals surface area (Å²) in [5.74, 6) is -0.308. The van der Waals surface area contributed by atoms with E-state index in [1.54, 1.807) is 42.5 Å². The largest absolute Gasteiger partial charge is 0.494 e. The number of H-pyrrole nitrogens is 1. The molecule has 0 aliphatic rings. The molecule has 33 heavy (non-hydrogen) atoms. The first-order valence-electron chi connectivity index (χ1n) is 9.77. The van der Waals surface area contributed by atoms with Gasteiger partial charge in [0.2, 0.25) is 15.9 Å². The van der Waals surface area contributed by atoms with Gasteiger partial charge in [-0.3, -0.25) is 14.8 Å². The van der Waals surface area contributed by atoms with E-state index in [4.69, 9.17) is 10.4 Å². The molecule has 8 nitrogen and oxygen atoms in total. The molecule has 164 valence electrons. The number of aromatic amines is 1. The van der Waals surface area contributed by atoms with E-state index in [1.807, 2.05) is 12.1 Å². The Hall–Kier alpha value is -4.26. The molecule has 0 saturated heterocycles. The van der Waals surface area contributed by atoms with Crippen LogP contribution in [-0.4, -0.2) is 24.7 Å². The van der Waals surface area contributed by atoms with Gasteiger partial charge in [0.05, 0.1) is 28.6 Å². The monoisotopic (exact) mass is 458 g/mol. The van der Waals surface area contributed by atoms with Crippen LogP contribution in [0.15, 0.2) is 81.4 Å². The van der Waals surface area contributed by atoms with Crippen molar-refractivity contribution in [2.75, 3.05) is 0 Å². The first-order chi connectivity index (χ1) is 15.8. The number of nitrogens with one attached hydrogen (secondary N) is 1. The Balaban J connectivity index is 1.70. The van der Waals surface area contributed by atoms with Gasteiger partial charge in [-0.25, -0.2) is 13.6 Å². The van der Waals surface area contributed by atoms with Gasteiger partial charge in [0.25, 0.3) is 5.56 Å². The molecule has 0 fully saturated rings. The standard InChI is InChI=1S/C24H18N4O4S/c25-12-15-1-5-17(6-2-15)18-7-10-20-21(11-18)22(24(30)28-23(20)29)14-27-13-16-3-8-19(9-4-16)33(26,31)32/h1-11,14H,13H2,(H2,26,31,32)(H2,28,29,30). The zero-order valence-corrected chi connectivity index (χ0v) is 18.0. The molecule has 9 heteroatoms. The third kappa shape index (κ3) is 4.67. The molecule has 4 N–H and O–H groups in total. The molecular formula is C24H18N4O4S. The minimum absolute atomic E-state index is 0.00911. The van der Waals surface area contributed by atoms with Crippen molar-refractivity contribution in [3.8, 4) is 23.1 Å². The van der Waals surface area contributed by atoms with E-state index in [0.29, 0.717) is 21.9 Å². The summed E-state index contributed by atoms with van der Waals surface area (Å²) >= 11 is 0. The highest BCUT2D eigenvalue weighted by Crippen LogP contribution is 2.27. The van der Waals surface area contributed by atoms with Gasteiger partial charge in [-0.1, -0.05) is 30.3 Å². The van der Waals surface area contributed by atoms with E-state index in [2.05, 4.69) is 16.0 Å². The predicted molar refractivity (Wildman–Crippen MR) is 125 cm³/mol. The number of aromatic hydroxyl groups is 1. The average molecular weight is 458 g/mol. The second kappa shape index (κ2) is 8.70. The molecular weight excluding hydrogens is 440 g/mol. The molecule has 0 unspecified atom stereocenters. The Bertz CT molecular complexity index is 1580. The highest BCUT2D eigenvalue weighted by atomic mass is 32.2. The van der Waals surface area contributed by atoms with Gasteiger partial charge in [0.15, 0.2) is 0 Å². The van der Waals surface area contributed by atoms with E-state index >= 15 is 0 Å². The lowest BCUT2D eigenvalue weighted by atomic mass is 9.99. The van der Waals surface area contributed by atoms with Crippen LogP contribution in [0.25, 0.3) is 21.9 Å². The summed E-state index contributed by atoms with van der Waals surface area (Å²) in [6.07, 6.45) is 1.46. The molecule has 0 saturated carbocycles. The fourth-order valence-electron chi connectivity index (χ4n) is 3.41. The van der Waals surface area contributed by atoms with E-state index in [9.17, 15) is 18.3 Å². The minimum atomic E-state index is -3.77. The second-order valence-corrected chi connectivity index (χ2v) is 8.89. The molecule has 0 radical (unpaired) electrons. The Morgan fingerprint density at radius 3 is 2.30 bits per heavy atom. The van der Waals surface area contributed by atoms with Crippen molar-refractivity contribution < 1.29 is 13.5 Å². The summed E-state index contributed by atoms with van der Waals surface area (Å²) in [4.78, 5) is 19.1. The van der Waals surface area contributed by atoms with Crippen LogP contribution in [0.2, 0.25) is 0 Å². The average Bonchev–Trinajstić information content (AvgIpc) is 2.80. The number of benzene rings is 3. The Morgan fingerprint density at radius 1 is 1.00 bits per heavy atom. The quantitative estimate of drug-likeness (QED) is 0.393. The summed E-state index contributed by atoms with van der Waals surface area (Å²) < 4.78 is 22.7. The van der Waals surface area contributed by atoms with E-state index in [-0.39, 0.29) is 17.3 Å². The van der Waals surface area contributed by atoms with Gasteiger partial charge < -0.3 is 5.11 Å². The van der Waals surface area contributed by atoms with E-state index < -0.39 is 15.6 Å². The number of sulfonamides is 1. The van der Waals surface area contributed by atoms with Gasteiger partial charge >= 0.3 is 0 Å². The number of aromatic nitrogens is 1. The first-order valence-corrected chi connectivity index (χ1v) is 11.3. The summed E-state index contributed by atoms with van der Waals surface area (Å²) in [5, 5.41) is 25.4. The number of aliphatic imine (C=N–C) groups is 1. The van der Waals surface area contributed by atoms with Crippen molar-refractivity contribution in [2.24, 2.45) is 10.1 Å². The third-order valence-corrected chi connectivity index (χ3v) is 6.06. The van der Waals surface area contributed by atoms with Crippen molar-refractivity contribution >= 4 is 27.0 Å². The molecule has 1 aromatic heterocycles. The zero-order valence-electron chi connectivity index (χ0n) is 17.2. The van der Waals surface area contributed by atoms with Crippen molar-refractivity contribution in [3.05, 3.63) is 93.8 Å². The Kier molecular flexibility index (Phi) is 5.79. The number of nitrogens with zero attached hydrogens (tertiary/aromatic N) is 2. The molecule has 0 aliphatic heterocycles. The van der Waals surface area contributed by atoms with Crippen LogP contribution < -0.4 is 10.7 Å². The van der Waals surface area contributed by atoms with Gasteiger partial charge in [0.1, 0.15) is 0 Å². The SMILES string of the molecule is N#Cc1ccc(-c2ccc3c(=O)[nH]c(O)c(C=NCc4ccc(S(N)(=O)=O)cc4)c3c2)cc1. The van der Waals surface area contributed by atoms with Crippen LogP contribution in [-0.2, 0) is 16.6 Å². The van der Waals surface area contributed by atoms with Gasteiger partial charge in [-0.2, -0.15) is 5.26 Å². The zero-order chi connectivity index (χ0) is 23.6. The van der Waals surface area contributed by atoms with Crippen LogP contribution in [0.4, 0.5) is 0 Å². The van der Waals surface area contributed by atoms with Crippen LogP contribution >= 0.6 is 0 Å². The molecule has 4 aromatic rings. The van der Waals surface area contributed by atoms with Gasteiger partial charge in [-0.05, 0) is 53.1 Å². The lowest BCUT2D eigenvalue weighted by molar-refractivity contribution is 0.452. The molecule has 0 bridgehead atoms. The lowest BCUT2D eigenvalue weighted by Crippen LogP contribution is -2.11. The van der Waals surface area contributed by atoms with E-state index in [1.165, 1.54) is 18.3 Å². The van der Waals surface area contributed by atoms with Crippen molar-refractivity contribution in [3.63, 3.8) is 0 Å². The Morgan fingerprint density at radius 2 is 1.67 bits per heavy atom. The number of primary sulfonamides is 1. The number of fused-ring (bicyclic) bond motifs is 1. The molecule has 0 aliphatic carbocycles. The fraction of sp³-hybridized carbons (Fsp3) is 0.0417. The topological polar surface area (TPSA) is 149 Å². The first kappa shape index (κ1) is 22.0. The smallest absolute Gasteiger partial charge is 0.258 e. The number of hydrogen-bond donors (Lipinski definition) is 3. The highest BCUT2D eigenvalue weighted by molar-refractivity contribution is 7.89. The predicted octanol–water partition coefficient (Wildman–Crippen LogP) is 3.04. The van der Waals surface area contributed by atoms with Crippen LogP contribution in [0, 0.1) is 11.3 Å². The molecule has 1 heterocycles. The van der Waals surface area contributed by atoms with Crippen LogP contribution in [0.1, 0.15) is 16.7 Å². The van der Waals surface area contributed by atoms with Gasteiger partial charge in [-0.15, -0.1) is 0 Å². The van der Waals surface area contributed by atoms with Crippen LogP contribution in [0.5, 0.6) is 5.88 Å². The number of hydrogen-bond acceptors (Lipinski definition) is 6. The summed E-state index contributed by atoms with van der Waals surface area (Å²) in [5.41, 5.74) is 2.87. The third-order valence-electron chi connectivity index (χ3n) is 5.13. The molecule has 0 spiro atoms. The maximum absolute atomic E-state index is 12.3. The normalized spacial score (nSPS) is 11.6. The number of rotatable bonds is 5. The fourth-order valence-corrected chi connectivity index (χ4v) is 3.92. The number of nitrogens with two attached hydrogens (primary N) is 1. The van der Waals surface area contributed by atoms with Crippen molar-refractivity contribution in [1.29, 1.82) is 5.26 Å². The van der Waals surface area contributed by atoms with Crippen molar-refractivity contribution in [2.45, 2.75) is 11.4 Å². The molecule has 0 atom stereocenters. The Labute approximate surface area is 189 Å². The summed E-state index contributed by atoms with van der Waals surface area (Å²) in [6.45, 7) is 0.222. The number of pyridine rings is 1. The lowest BCUT2D eigenvalue weighted by Gasteiger charge is -2.08. The van der Waals surface area contributed by atoms with Gasteiger partial charge in [0, 0.05) is 17.0 Å². The number of nitriles is 1. The van der Waals surface area contributed by atoms with E-state index in [0.717, 1.165) is 16.7 Å². The minimum Gasteiger partial charge on any atom is -0.494 e. The maximum Gasteiger partial charge on any atom is 0.258 e. The summed E-state index contributed by atoms with van der Waals surface area (Å²) in [6, 6.07) is 20.4. The van der Waals surface area contributed by atoms with Crippen LogP contribution in [0.3, 0.4) is 0 Å². The highest BCUT2D eigenvalue weighted by Gasteiger charge is 2.11. The molecule has 4 rings (SSSR count). The molecule has 0 amide bonds. The molecule has 3 aromatic carbocycles. The van der Waals surface area contributed by atoms with Crippen molar-refractivity contribution in [1.82, 2.24) is 4.98 Å².